The van der Waals surface area contributed by atoms with Crippen LogP contribution in [0.25, 0.3) is 10.2 Å². The molecule has 0 atom stereocenters. The van der Waals surface area contributed by atoms with Crippen LogP contribution < -0.4 is 10.5 Å². The zero-order chi connectivity index (χ0) is 18.1. The summed E-state index contributed by atoms with van der Waals surface area (Å²) in [6, 6.07) is 9.89. The van der Waals surface area contributed by atoms with Crippen molar-refractivity contribution in [1.82, 2.24) is 9.55 Å². The first-order valence-electron chi connectivity index (χ1n) is 8.68. The number of carbonyl (C=O) groups is 1. The SMILES string of the molecule is CCCn1c(SCC(=O)N2CCc3ccccc32)nc2ccsc2c1=O. The lowest BCUT2D eigenvalue weighted by molar-refractivity contribution is -0.116. The first kappa shape index (κ1) is 17.3. The Morgan fingerprint density at radius 1 is 1.31 bits per heavy atom. The highest BCUT2D eigenvalue weighted by Crippen LogP contribution is 2.29. The van der Waals surface area contributed by atoms with E-state index < -0.39 is 0 Å². The van der Waals surface area contributed by atoms with Crippen molar-refractivity contribution in [3.8, 4) is 0 Å². The van der Waals surface area contributed by atoms with E-state index >= 15 is 0 Å². The van der Waals surface area contributed by atoms with Gasteiger partial charge in [-0.25, -0.2) is 4.98 Å². The molecule has 7 heteroatoms. The molecule has 134 valence electrons. The maximum absolute atomic E-state index is 12.7. The van der Waals surface area contributed by atoms with Gasteiger partial charge in [-0.05, 0) is 35.9 Å². The van der Waals surface area contributed by atoms with Gasteiger partial charge in [0.25, 0.3) is 5.56 Å². The minimum Gasteiger partial charge on any atom is -0.311 e. The Balaban J connectivity index is 1.57. The molecule has 0 unspecified atom stereocenters. The highest BCUT2D eigenvalue weighted by Gasteiger charge is 2.24. The Morgan fingerprint density at radius 3 is 3.00 bits per heavy atom. The molecule has 0 spiro atoms. The van der Waals surface area contributed by atoms with Gasteiger partial charge in [-0.15, -0.1) is 11.3 Å². The molecule has 2 aromatic heterocycles. The number of hydrogen-bond acceptors (Lipinski definition) is 5. The summed E-state index contributed by atoms with van der Waals surface area (Å²) in [5.74, 6) is 0.336. The monoisotopic (exact) mass is 385 g/mol. The molecule has 1 aliphatic heterocycles. The summed E-state index contributed by atoms with van der Waals surface area (Å²) in [5, 5.41) is 2.51. The molecule has 1 amide bonds. The van der Waals surface area contributed by atoms with E-state index in [1.54, 1.807) is 4.57 Å². The van der Waals surface area contributed by atoms with E-state index in [9.17, 15) is 9.59 Å². The molecule has 26 heavy (non-hydrogen) atoms. The van der Waals surface area contributed by atoms with E-state index in [-0.39, 0.29) is 17.2 Å². The van der Waals surface area contributed by atoms with Gasteiger partial charge < -0.3 is 4.90 Å². The molecule has 0 radical (unpaired) electrons. The summed E-state index contributed by atoms with van der Waals surface area (Å²) < 4.78 is 2.39. The van der Waals surface area contributed by atoms with Crippen molar-refractivity contribution in [3.63, 3.8) is 0 Å². The highest BCUT2D eigenvalue weighted by atomic mass is 32.2. The van der Waals surface area contributed by atoms with Crippen LogP contribution in [0.4, 0.5) is 5.69 Å². The summed E-state index contributed by atoms with van der Waals surface area (Å²) in [7, 11) is 0. The van der Waals surface area contributed by atoms with Gasteiger partial charge in [0.15, 0.2) is 5.16 Å². The van der Waals surface area contributed by atoms with Crippen molar-refractivity contribution in [2.24, 2.45) is 0 Å². The standard InChI is InChI=1S/C19H19N3O2S2/c1-2-9-22-18(24)17-14(8-11-25-17)20-19(22)26-12-16(23)21-10-7-13-5-3-4-6-15(13)21/h3-6,8,11H,2,7,9-10,12H2,1H3. The van der Waals surface area contributed by atoms with Crippen molar-refractivity contribution >= 4 is 44.9 Å². The first-order chi connectivity index (χ1) is 12.7. The summed E-state index contributed by atoms with van der Waals surface area (Å²) >= 11 is 2.77. The average molecular weight is 386 g/mol. The van der Waals surface area contributed by atoms with Gasteiger partial charge in [0, 0.05) is 18.8 Å². The smallest absolute Gasteiger partial charge is 0.272 e. The number of nitrogens with zero attached hydrogens (tertiary/aromatic N) is 3. The molecule has 1 aliphatic rings. The maximum atomic E-state index is 12.7. The fraction of sp³-hybridized carbons (Fsp3) is 0.316. The molecule has 0 saturated heterocycles. The second-order valence-electron chi connectivity index (χ2n) is 6.20. The van der Waals surface area contributed by atoms with Crippen molar-refractivity contribution in [2.75, 3.05) is 17.2 Å². The van der Waals surface area contributed by atoms with Gasteiger partial charge in [-0.3, -0.25) is 14.2 Å². The van der Waals surface area contributed by atoms with Gasteiger partial charge in [0.1, 0.15) is 4.70 Å². The summed E-state index contributed by atoms with van der Waals surface area (Å²) in [4.78, 5) is 31.9. The molecule has 0 bridgehead atoms. The third-order valence-corrected chi connectivity index (χ3v) is 6.34. The van der Waals surface area contributed by atoms with Crippen LogP contribution in [-0.2, 0) is 17.8 Å². The van der Waals surface area contributed by atoms with Crippen LogP contribution in [0.1, 0.15) is 18.9 Å². The van der Waals surface area contributed by atoms with E-state index in [1.165, 1.54) is 28.7 Å². The fourth-order valence-electron chi connectivity index (χ4n) is 3.26. The zero-order valence-corrected chi connectivity index (χ0v) is 16.1. The second kappa shape index (κ2) is 7.25. The minimum atomic E-state index is -0.00619. The number of carbonyl (C=O) groups excluding carboxylic acids is 1. The number of benzene rings is 1. The van der Waals surface area contributed by atoms with E-state index in [0.717, 1.165) is 25.1 Å². The maximum Gasteiger partial charge on any atom is 0.272 e. The predicted molar refractivity (Wildman–Crippen MR) is 107 cm³/mol. The van der Waals surface area contributed by atoms with Crippen LogP contribution >= 0.6 is 23.1 Å². The molecule has 5 nitrogen and oxygen atoms in total. The number of hydrogen-bond donors (Lipinski definition) is 0. The van der Waals surface area contributed by atoms with Gasteiger partial charge in [0.2, 0.25) is 5.91 Å². The Morgan fingerprint density at radius 2 is 2.15 bits per heavy atom. The zero-order valence-electron chi connectivity index (χ0n) is 14.5. The number of fused-ring (bicyclic) bond motifs is 2. The summed E-state index contributed by atoms with van der Waals surface area (Å²) in [6.45, 7) is 3.37. The number of thiophene rings is 1. The molecule has 0 aliphatic carbocycles. The number of aromatic nitrogens is 2. The van der Waals surface area contributed by atoms with E-state index in [1.807, 2.05) is 41.5 Å². The molecule has 3 aromatic rings. The van der Waals surface area contributed by atoms with Crippen LogP contribution in [0.5, 0.6) is 0 Å². The lowest BCUT2D eigenvalue weighted by atomic mass is 10.2. The lowest BCUT2D eigenvalue weighted by Crippen LogP contribution is -2.31. The Hall–Kier alpha value is -2.12. The normalized spacial score (nSPS) is 13.3. The summed E-state index contributed by atoms with van der Waals surface area (Å²) in [5.41, 5.74) is 2.93. The number of thioether (sulfide) groups is 1. The van der Waals surface area contributed by atoms with Gasteiger partial charge in [-0.2, -0.15) is 0 Å². The number of para-hydroxylation sites is 1. The number of amides is 1. The molecule has 0 fully saturated rings. The van der Waals surface area contributed by atoms with Gasteiger partial charge in [-0.1, -0.05) is 36.9 Å². The van der Waals surface area contributed by atoms with E-state index in [2.05, 4.69) is 11.1 Å². The molecule has 1 aromatic carbocycles. The Kier molecular flexibility index (Phi) is 4.82. The average Bonchev–Trinajstić information content (AvgIpc) is 3.29. The lowest BCUT2D eigenvalue weighted by Gasteiger charge is -2.17. The quantitative estimate of drug-likeness (QED) is 0.498. The predicted octanol–water partition coefficient (Wildman–Crippen LogP) is 3.55. The first-order valence-corrected chi connectivity index (χ1v) is 10.5. The van der Waals surface area contributed by atoms with Crippen molar-refractivity contribution in [3.05, 3.63) is 51.6 Å². The number of anilines is 1. The molecule has 4 rings (SSSR count). The molecule has 0 saturated carbocycles. The largest absolute Gasteiger partial charge is 0.311 e. The van der Waals surface area contributed by atoms with Crippen molar-refractivity contribution in [1.29, 1.82) is 0 Å². The highest BCUT2D eigenvalue weighted by molar-refractivity contribution is 7.99. The molecule has 3 heterocycles. The Labute approximate surface area is 159 Å². The second-order valence-corrected chi connectivity index (χ2v) is 8.06. The van der Waals surface area contributed by atoms with Crippen molar-refractivity contribution < 1.29 is 4.79 Å². The van der Waals surface area contributed by atoms with Crippen molar-refractivity contribution in [2.45, 2.75) is 31.5 Å². The topological polar surface area (TPSA) is 55.2 Å². The van der Waals surface area contributed by atoms with Crippen LogP contribution in [0.3, 0.4) is 0 Å². The van der Waals surface area contributed by atoms with Gasteiger partial charge in [0.05, 0.1) is 11.3 Å². The van der Waals surface area contributed by atoms with E-state index in [4.69, 9.17) is 0 Å². The van der Waals surface area contributed by atoms with Crippen LogP contribution in [0.15, 0.2) is 45.7 Å². The molecular formula is C19H19N3O2S2. The molecular weight excluding hydrogens is 366 g/mol. The number of rotatable bonds is 5. The Bertz CT molecular complexity index is 1030. The minimum absolute atomic E-state index is 0.00619. The fourth-order valence-corrected chi connectivity index (χ4v) is 4.94. The van der Waals surface area contributed by atoms with E-state index in [0.29, 0.717) is 21.9 Å². The van der Waals surface area contributed by atoms with Crippen LogP contribution in [0.2, 0.25) is 0 Å². The summed E-state index contributed by atoms with van der Waals surface area (Å²) in [6.07, 6.45) is 1.74. The van der Waals surface area contributed by atoms with Gasteiger partial charge >= 0.3 is 0 Å². The van der Waals surface area contributed by atoms with Crippen LogP contribution in [0, 0.1) is 0 Å². The molecule has 0 N–H and O–H groups in total. The van der Waals surface area contributed by atoms with Crippen LogP contribution in [-0.4, -0.2) is 27.8 Å². The third-order valence-electron chi connectivity index (χ3n) is 4.49. The third kappa shape index (κ3) is 3.05.